The van der Waals surface area contributed by atoms with Gasteiger partial charge in [-0.15, -0.1) is 11.6 Å². The van der Waals surface area contributed by atoms with Gasteiger partial charge in [0.1, 0.15) is 10.7 Å². The second kappa shape index (κ2) is 6.16. The first kappa shape index (κ1) is 15.4. The first-order valence-electron chi connectivity index (χ1n) is 6.36. The Morgan fingerprint density at radius 2 is 2.26 bits per heavy atom. The van der Waals surface area contributed by atoms with Crippen molar-refractivity contribution in [2.24, 2.45) is 0 Å². The number of furan rings is 1. The molecule has 0 saturated carbocycles. The van der Waals surface area contributed by atoms with E-state index in [0.29, 0.717) is 12.3 Å². The molecule has 4 nitrogen and oxygen atoms in total. The lowest BCUT2D eigenvalue weighted by molar-refractivity contribution is 0.246. The van der Waals surface area contributed by atoms with Gasteiger partial charge < -0.3 is 4.42 Å². The number of hydrogen-bond acceptors (Lipinski definition) is 3. The molecule has 1 unspecified atom stereocenters. The van der Waals surface area contributed by atoms with Crippen LogP contribution in [0.2, 0.25) is 0 Å². The number of sulfonamides is 1. The zero-order valence-corrected chi connectivity index (χ0v) is 13.9. The summed E-state index contributed by atoms with van der Waals surface area (Å²) < 4.78 is 32.5. The minimum Gasteiger partial charge on any atom is -0.452 e. The Morgan fingerprint density at radius 1 is 1.53 bits per heavy atom. The predicted molar refractivity (Wildman–Crippen MR) is 77.8 cm³/mol. The van der Waals surface area contributed by atoms with Crippen LogP contribution in [0.4, 0.5) is 0 Å². The summed E-state index contributed by atoms with van der Waals surface area (Å²) in [5, 5.41) is 0. The van der Waals surface area contributed by atoms with E-state index in [0.717, 1.165) is 25.7 Å². The van der Waals surface area contributed by atoms with Crippen LogP contribution >= 0.6 is 27.5 Å². The molecule has 0 radical (unpaired) electrons. The van der Waals surface area contributed by atoms with E-state index in [1.165, 1.54) is 6.07 Å². The summed E-state index contributed by atoms with van der Waals surface area (Å²) in [5.41, 5.74) is 0. The van der Waals surface area contributed by atoms with E-state index in [2.05, 4.69) is 15.9 Å². The highest BCUT2D eigenvalue weighted by atomic mass is 79.9. The van der Waals surface area contributed by atoms with Gasteiger partial charge in [-0.05, 0) is 35.2 Å². The maximum atomic E-state index is 12.7. The molecule has 1 atom stereocenters. The fraction of sp³-hybridized carbons (Fsp3) is 0.667. The van der Waals surface area contributed by atoms with Crippen molar-refractivity contribution in [3.05, 3.63) is 16.5 Å². The Bertz CT molecular complexity index is 543. The highest BCUT2D eigenvalue weighted by molar-refractivity contribution is 9.10. The highest BCUT2D eigenvalue weighted by Crippen LogP contribution is 2.33. The summed E-state index contributed by atoms with van der Waals surface area (Å²) in [4.78, 5) is 0.184. The molecule has 1 aromatic rings. The smallest absolute Gasteiger partial charge is 0.247 e. The molecule has 1 aliphatic rings. The van der Waals surface area contributed by atoms with Crippen LogP contribution in [0.25, 0.3) is 0 Å². The summed E-state index contributed by atoms with van der Waals surface area (Å²) in [6.45, 7) is 2.60. The van der Waals surface area contributed by atoms with Crippen molar-refractivity contribution in [3.8, 4) is 0 Å². The monoisotopic (exact) mass is 369 g/mol. The molecule has 0 amide bonds. The molecule has 0 aromatic carbocycles. The zero-order valence-electron chi connectivity index (χ0n) is 10.7. The fourth-order valence-electron chi connectivity index (χ4n) is 2.46. The SMILES string of the molecule is CCC1CCCCN1S(=O)(=O)c1cc(CCl)oc1Br. The molecule has 2 rings (SSSR count). The average molecular weight is 371 g/mol. The van der Waals surface area contributed by atoms with Crippen LogP contribution in [0, 0.1) is 0 Å². The number of piperidine rings is 1. The molecule has 0 aliphatic carbocycles. The Labute approximate surface area is 127 Å². The van der Waals surface area contributed by atoms with Gasteiger partial charge >= 0.3 is 0 Å². The van der Waals surface area contributed by atoms with Crippen molar-refractivity contribution in [1.29, 1.82) is 0 Å². The first-order chi connectivity index (χ1) is 9.00. The third kappa shape index (κ3) is 3.01. The lowest BCUT2D eigenvalue weighted by Crippen LogP contribution is -2.43. The molecular weight excluding hydrogens is 354 g/mol. The Morgan fingerprint density at radius 3 is 2.84 bits per heavy atom. The Kier molecular flexibility index (Phi) is 4.98. The Hall–Kier alpha value is -0.0400. The van der Waals surface area contributed by atoms with Crippen molar-refractivity contribution in [1.82, 2.24) is 4.31 Å². The molecule has 2 heterocycles. The molecule has 108 valence electrons. The van der Waals surface area contributed by atoms with Gasteiger partial charge in [-0.2, -0.15) is 4.31 Å². The van der Waals surface area contributed by atoms with Crippen molar-refractivity contribution in [2.45, 2.75) is 49.4 Å². The molecule has 1 aliphatic heterocycles. The van der Waals surface area contributed by atoms with Crippen LogP contribution in [-0.2, 0) is 15.9 Å². The molecule has 1 aromatic heterocycles. The van der Waals surface area contributed by atoms with Gasteiger partial charge in [0, 0.05) is 18.7 Å². The fourth-order valence-corrected chi connectivity index (χ4v) is 5.33. The zero-order chi connectivity index (χ0) is 14.0. The number of rotatable bonds is 4. The third-order valence-electron chi connectivity index (χ3n) is 3.47. The molecule has 0 N–H and O–H groups in total. The van der Waals surface area contributed by atoms with Crippen LogP contribution in [0.5, 0.6) is 0 Å². The van der Waals surface area contributed by atoms with Crippen LogP contribution in [-0.4, -0.2) is 25.3 Å². The topological polar surface area (TPSA) is 50.5 Å². The van der Waals surface area contributed by atoms with E-state index in [1.807, 2.05) is 6.92 Å². The van der Waals surface area contributed by atoms with Gasteiger partial charge in [0.15, 0.2) is 4.67 Å². The molecule has 0 bridgehead atoms. The molecule has 0 spiro atoms. The third-order valence-corrected chi connectivity index (χ3v) is 6.54. The predicted octanol–water partition coefficient (Wildman–Crippen LogP) is 3.73. The van der Waals surface area contributed by atoms with Crippen molar-refractivity contribution >= 4 is 37.6 Å². The average Bonchev–Trinajstić information content (AvgIpc) is 2.80. The molecule has 19 heavy (non-hydrogen) atoms. The summed E-state index contributed by atoms with van der Waals surface area (Å²) in [5.74, 6) is 0.614. The van der Waals surface area contributed by atoms with Crippen LogP contribution in [0.1, 0.15) is 38.4 Å². The van der Waals surface area contributed by atoms with E-state index in [4.69, 9.17) is 16.0 Å². The van der Waals surface area contributed by atoms with E-state index in [-0.39, 0.29) is 21.5 Å². The van der Waals surface area contributed by atoms with Gasteiger partial charge in [-0.3, -0.25) is 0 Å². The largest absolute Gasteiger partial charge is 0.452 e. The van der Waals surface area contributed by atoms with Crippen LogP contribution < -0.4 is 0 Å². The van der Waals surface area contributed by atoms with Gasteiger partial charge in [-0.25, -0.2) is 8.42 Å². The van der Waals surface area contributed by atoms with Gasteiger partial charge in [-0.1, -0.05) is 13.3 Å². The minimum atomic E-state index is -3.51. The van der Waals surface area contributed by atoms with E-state index in [1.54, 1.807) is 4.31 Å². The normalized spacial score (nSPS) is 21.7. The lowest BCUT2D eigenvalue weighted by Gasteiger charge is -2.33. The quantitative estimate of drug-likeness (QED) is 0.759. The van der Waals surface area contributed by atoms with Crippen LogP contribution in [0.3, 0.4) is 0 Å². The van der Waals surface area contributed by atoms with E-state index >= 15 is 0 Å². The Balaban J connectivity index is 2.37. The van der Waals surface area contributed by atoms with Crippen molar-refractivity contribution in [2.75, 3.05) is 6.54 Å². The molecule has 1 fully saturated rings. The van der Waals surface area contributed by atoms with Gasteiger partial charge in [0.05, 0.1) is 5.88 Å². The molecule has 1 saturated heterocycles. The summed E-state index contributed by atoms with van der Waals surface area (Å²) in [6.07, 6.45) is 3.75. The number of halogens is 2. The summed E-state index contributed by atoms with van der Waals surface area (Å²) in [7, 11) is -3.51. The lowest BCUT2D eigenvalue weighted by atomic mass is 10.0. The second-order valence-corrected chi connectivity index (χ2v) is 7.50. The van der Waals surface area contributed by atoms with Gasteiger partial charge in [0.2, 0.25) is 10.0 Å². The standard InChI is InChI=1S/C12H17BrClNO3S/c1-2-9-5-3-4-6-15(9)19(16,17)11-7-10(8-14)18-12(11)13/h7,9H,2-6,8H2,1H3. The number of nitrogens with zero attached hydrogens (tertiary/aromatic N) is 1. The van der Waals surface area contributed by atoms with Crippen molar-refractivity contribution in [3.63, 3.8) is 0 Å². The summed E-state index contributed by atoms with van der Waals surface area (Å²) in [6, 6.07) is 1.59. The van der Waals surface area contributed by atoms with Gasteiger partial charge in [0.25, 0.3) is 0 Å². The highest BCUT2D eigenvalue weighted by Gasteiger charge is 2.35. The van der Waals surface area contributed by atoms with Crippen LogP contribution in [0.15, 0.2) is 20.0 Å². The second-order valence-electron chi connectivity index (χ2n) is 4.66. The van der Waals surface area contributed by atoms with Crippen molar-refractivity contribution < 1.29 is 12.8 Å². The van der Waals surface area contributed by atoms with E-state index in [9.17, 15) is 8.42 Å². The maximum absolute atomic E-state index is 12.7. The minimum absolute atomic E-state index is 0.0833. The van der Waals surface area contributed by atoms with E-state index < -0.39 is 10.0 Å². The number of alkyl halides is 1. The summed E-state index contributed by atoms with van der Waals surface area (Å²) >= 11 is 8.85. The number of hydrogen-bond donors (Lipinski definition) is 0. The molecule has 7 heteroatoms. The first-order valence-corrected chi connectivity index (χ1v) is 9.13. The molecular formula is C12H17BrClNO3S. The maximum Gasteiger partial charge on any atom is 0.247 e.